The van der Waals surface area contributed by atoms with Crippen LogP contribution in [0.4, 0.5) is 4.39 Å². The fourth-order valence-corrected chi connectivity index (χ4v) is 3.94. The lowest BCUT2D eigenvalue weighted by Gasteiger charge is -2.59. The summed E-state index contributed by atoms with van der Waals surface area (Å²) in [5.41, 5.74) is -0.114. The Morgan fingerprint density at radius 2 is 2.00 bits per heavy atom. The third-order valence-corrected chi connectivity index (χ3v) is 4.94. The van der Waals surface area contributed by atoms with Crippen LogP contribution in [-0.4, -0.2) is 11.1 Å². The van der Waals surface area contributed by atoms with E-state index < -0.39 is 17.2 Å². The number of aliphatic carboxylic acids is 1. The molecule has 0 aromatic heterocycles. The third kappa shape index (κ3) is 1.50. The molecular formula is C14H14ClFO2. The van der Waals surface area contributed by atoms with Gasteiger partial charge in [-0.1, -0.05) is 24.1 Å². The van der Waals surface area contributed by atoms with Gasteiger partial charge < -0.3 is 5.11 Å². The van der Waals surface area contributed by atoms with Crippen LogP contribution >= 0.6 is 11.6 Å². The van der Waals surface area contributed by atoms with Crippen molar-refractivity contribution in [2.75, 3.05) is 0 Å². The zero-order valence-electron chi connectivity index (χ0n) is 9.88. The molecule has 2 aliphatic rings. The average Bonchev–Trinajstić information content (AvgIpc) is 2.16. The number of rotatable bonds is 2. The van der Waals surface area contributed by atoms with Gasteiger partial charge in [-0.05, 0) is 48.8 Å². The van der Waals surface area contributed by atoms with E-state index in [1.807, 2.05) is 0 Å². The largest absolute Gasteiger partial charge is 0.481 e. The van der Waals surface area contributed by atoms with Crippen LogP contribution in [0.5, 0.6) is 0 Å². The van der Waals surface area contributed by atoms with E-state index in [1.165, 1.54) is 24.6 Å². The van der Waals surface area contributed by atoms with Gasteiger partial charge in [0.05, 0.1) is 5.41 Å². The van der Waals surface area contributed by atoms with Crippen LogP contribution in [-0.2, 0) is 10.2 Å². The standard InChI is InChI=1S/C14H14ClFO2/c15-11-6-9(16)2-3-10(11)14(12(17)18)7-13(8-14)4-1-5-13/h2-3,6H,1,4-5,7-8H2,(H,17,18). The molecule has 18 heavy (non-hydrogen) atoms. The van der Waals surface area contributed by atoms with E-state index in [2.05, 4.69) is 0 Å². The minimum Gasteiger partial charge on any atom is -0.481 e. The van der Waals surface area contributed by atoms with Crippen LogP contribution in [0.3, 0.4) is 0 Å². The van der Waals surface area contributed by atoms with Crippen molar-refractivity contribution >= 4 is 17.6 Å². The molecule has 2 fully saturated rings. The summed E-state index contributed by atoms with van der Waals surface area (Å²) in [6, 6.07) is 4.02. The Morgan fingerprint density at radius 3 is 2.44 bits per heavy atom. The number of hydrogen-bond donors (Lipinski definition) is 1. The minimum atomic E-state index is -0.898. The summed E-state index contributed by atoms with van der Waals surface area (Å²) in [4.78, 5) is 11.6. The smallest absolute Gasteiger partial charge is 0.314 e. The fraction of sp³-hybridized carbons (Fsp3) is 0.500. The lowest BCUT2D eigenvalue weighted by molar-refractivity contribution is -0.160. The van der Waals surface area contributed by atoms with Crippen LogP contribution in [0.1, 0.15) is 37.7 Å². The molecule has 1 aromatic carbocycles. The number of benzene rings is 1. The Morgan fingerprint density at radius 1 is 1.33 bits per heavy atom. The van der Waals surface area contributed by atoms with Gasteiger partial charge in [0.2, 0.25) is 0 Å². The zero-order chi connectivity index (χ0) is 13.0. The molecule has 0 atom stereocenters. The summed E-state index contributed by atoms with van der Waals surface area (Å²) < 4.78 is 13.1. The van der Waals surface area contributed by atoms with E-state index in [-0.39, 0.29) is 10.4 Å². The summed E-state index contributed by atoms with van der Waals surface area (Å²) >= 11 is 6.02. The normalized spacial score (nSPS) is 23.2. The molecule has 4 heteroatoms. The lowest BCUT2D eigenvalue weighted by atomic mass is 9.44. The van der Waals surface area contributed by atoms with Gasteiger partial charge in [0.1, 0.15) is 5.82 Å². The molecule has 2 nitrogen and oxygen atoms in total. The van der Waals surface area contributed by atoms with Gasteiger partial charge >= 0.3 is 5.97 Å². The van der Waals surface area contributed by atoms with Crippen molar-refractivity contribution in [2.45, 2.75) is 37.5 Å². The molecule has 0 bridgehead atoms. The molecule has 1 spiro atoms. The van der Waals surface area contributed by atoms with Gasteiger partial charge in [-0.2, -0.15) is 0 Å². The second-order valence-corrected chi connectivity index (χ2v) is 6.13. The molecule has 1 aromatic rings. The van der Waals surface area contributed by atoms with E-state index in [1.54, 1.807) is 0 Å². The first kappa shape index (κ1) is 12.0. The maximum Gasteiger partial charge on any atom is 0.314 e. The Labute approximate surface area is 110 Å². The molecule has 2 aliphatic carbocycles. The monoisotopic (exact) mass is 268 g/mol. The maximum atomic E-state index is 13.1. The van der Waals surface area contributed by atoms with Crippen LogP contribution in [0.25, 0.3) is 0 Å². The molecule has 96 valence electrons. The molecule has 0 radical (unpaired) electrons. The average molecular weight is 269 g/mol. The van der Waals surface area contributed by atoms with Crippen LogP contribution in [0.15, 0.2) is 18.2 Å². The van der Waals surface area contributed by atoms with Crippen molar-refractivity contribution in [3.8, 4) is 0 Å². The van der Waals surface area contributed by atoms with E-state index in [0.717, 1.165) is 12.8 Å². The van der Waals surface area contributed by atoms with Crippen molar-refractivity contribution in [1.82, 2.24) is 0 Å². The Balaban J connectivity index is 1.98. The summed E-state index contributed by atoms with van der Waals surface area (Å²) in [6.45, 7) is 0. The van der Waals surface area contributed by atoms with Crippen molar-refractivity contribution in [3.63, 3.8) is 0 Å². The van der Waals surface area contributed by atoms with Crippen molar-refractivity contribution in [2.24, 2.45) is 5.41 Å². The second-order valence-electron chi connectivity index (χ2n) is 5.72. The maximum absolute atomic E-state index is 13.1. The summed E-state index contributed by atoms with van der Waals surface area (Å²) in [5.74, 6) is -1.27. The van der Waals surface area contributed by atoms with Crippen LogP contribution < -0.4 is 0 Å². The topological polar surface area (TPSA) is 37.3 Å². The quantitative estimate of drug-likeness (QED) is 0.887. The minimum absolute atomic E-state index is 0.218. The lowest BCUT2D eigenvalue weighted by Crippen LogP contribution is -2.57. The number of carbonyl (C=O) groups is 1. The highest BCUT2D eigenvalue weighted by Crippen LogP contribution is 2.65. The van der Waals surface area contributed by atoms with Gasteiger partial charge in [0.15, 0.2) is 0 Å². The van der Waals surface area contributed by atoms with Gasteiger partial charge in [-0.15, -0.1) is 0 Å². The molecule has 0 heterocycles. The number of carboxylic acid groups (broad SMARTS) is 1. The number of carboxylic acids is 1. The predicted octanol–water partition coefficient (Wildman–Crippen LogP) is 3.77. The predicted molar refractivity (Wildman–Crippen MR) is 66.2 cm³/mol. The summed E-state index contributed by atoms with van der Waals surface area (Å²) in [5, 5.41) is 9.76. The highest BCUT2D eigenvalue weighted by molar-refractivity contribution is 6.31. The highest BCUT2D eigenvalue weighted by atomic mass is 35.5. The molecule has 3 rings (SSSR count). The highest BCUT2D eigenvalue weighted by Gasteiger charge is 2.62. The Kier molecular flexibility index (Phi) is 2.46. The van der Waals surface area contributed by atoms with E-state index in [9.17, 15) is 14.3 Å². The molecule has 1 N–H and O–H groups in total. The SMILES string of the molecule is O=C(O)C1(c2ccc(F)cc2Cl)CC2(CCC2)C1. The fourth-order valence-electron chi connectivity index (χ4n) is 3.59. The third-order valence-electron chi connectivity index (χ3n) is 4.62. The first-order valence-corrected chi connectivity index (χ1v) is 6.54. The van der Waals surface area contributed by atoms with Gasteiger partial charge in [-0.3, -0.25) is 4.79 Å². The van der Waals surface area contributed by atoms with E-state index in [4.69, 9.17) is 11.6 Å². The van der Waals surface area contributed by atoms with Crippen molar-refractivity contribution in [3.05, 3.63) is 34.6 Å². The first-order chi connectivity index (χ1) is 8.47. The van der Waals surface area contributed by atoms with Crippen molar-refractivity contribution < 1.29 is 14.3 Å². The van der Waals surface area contributed by atoms with Gasteiger partial charge in [0, 0.05) is 5.02 Å². The molecular weight excluding hydrogens is 255 g/mol. The summed E-state index contributed by atoms with van der Waals surface area (Å²) in [6.07, 6.45) is 4.69. The molecule has 0 aliphatic heterocycles. The second kappa shape index (κ2) is 3.70. The number of halogens is 2. The summed E-state index contributed by atoms with van der Waals surface area (Å²) in [7, 11) is 0. The Hall–Kier alpha value is -1.09. The molecule has 0 saturated heterocycles. The molecule has 0 unspecified atom stereocenters. The molecule has 0 amide bonds. The molecule has 2 saturated carbocycles. The zero-order valence-corrected chi connectivity index (χ0v) is 10.6. The van der Waals surface area contributed by atoms with Crippen molar-refractivity contribution in [1.29, 1.82) is 0 Å². The van der Waals surface area contributed by atoms with Gasteiger partial charge in [0.25, 0.3) is 0 Å². The van der Waals surface area contributed by atoms with Crippen LogP contribution in [0, 0.1) is 11.2 Å². The Bertz CT molecular complexity index is 515. The first-order valence-electron chi connectivity index (χ1n) is 6.17. The van der Waals surface area contributed by atoms with E-state index in [0.29, 0.717) is 18.4 Å². The van der Waals surface area contributed by atoms with Crippen LogP contribution in [0.2, 0.25) is 5.02 Å². The van der Waals surface area contributed by atoms with Gasteiger partial charge in [-0.25, -0.2) is 4.39 Å². The van der Waals surface area contributed by atoms with E-state index >= 15 is 0 Å². The number of hydrogen-bond acceptors (Lipinski definition) is 1.